The van der Waals surface area contributed by atoms with Crippen molar-refractivity contribution in [1.29, 1.82) is 0 Å². The number of hydrogen-bond acceptors (Lipinski definition) is 2. The number of benzene rings is 1. The Morgan fingerprint density at radius 2 is 2.04 bits per heavy atom. The van der Waals surface area contributed by atoms with Gasteiger partial charge in [-0.2, -0.15) is 0 Å². The van der Waals surface area contributed by atoms with Gasteiger partial charge in [0.05, 0.1) is 10.0 Å². The van der Waals surface area contributed by atoms with Crippen molar-refractivity contribution in [2.24, 2.45) is 0 Å². The van der Waals surface area contributed by atoms with Crippen molar-refractivity contribution >= 4 is 45.8 Å². The lowest BCUT2D eigenvalue weighted by molar-refractivity contribution is 0.101. The predicted octanol–water partition coefficient (Wildman–Crippen LogP) is 4.92. The molecule has 0 spiro atoms. The smallest absolute Gasteiger partial charge is 0.273 e. The van der Waals surface area contributed by atoms with Crippen LogP contribution in [0.15, 0.2) is 36.5 Å². The van der Waals surface area contributed by atoms with Gasteiger partial charge in [0.25, 0.3) is 5.91 Å². The highest BCUT2D eigenvalue weighted by molar-refractivity contribution is 6.36. The van der Waals surface area contributed by atoms with E-state index in [1.807, 2.05) is 42.7 Å². The Bertz CT molecular complexity index is 902. The lowest BCUT2D eigenvalue weighted by Crippen LogP contribution is -2.18. The summed E-state index contributed by atoms with van der Waals surface area (Å²) in [5, 5.41) is 4.56. The molecule has 0 saturated carbocycles. The Morgan fingerprint density at radius 1 is 1.30 bits per heavy atom. The van der Waals surface area contributed by atoms with E-state index in [1.54, 1.807) is 6.07 Å². The van der Waals surface area contributed by atoms with Crippen molar-refractivity contribution in [3.63, 3.8) is 0 Å². The molecule has 0 aliphatic carbocycles. The lowest BCUT2D eigenvalue weighted by Gasteiger charge is -2.10. The quantitative estimate of drug-likeness (QED) is 0.730. The van der Waals surface area contributed by atoms with Crippen molar-refractivity contribution in [3.05, 3.63) is 57.8 Å². The minimum atomic E-state index is -0.239. The number of aromatic nitrogens is 2. The van der Waals surface area contributed by atoms with Gasteiger partial charge in [-0.15, -0.1) is 0 Å². The normalized spacial score (nSPS) is 11.0. The highest BCUT2D eigenvalue weighted by Crippen LogP contribution is 2.28. The summed E-state index contributed by atoms with van der Waals surface area (Å²) in [5.41, 5.74) is 2.58. The third-order valence-electron chi connectivity index (χ3n) is 3.80. The van der Waals surface area contributed by atoms with Crippen LogP contribution in [0.3, 0.4) is 0 Å². The number of fused-ring (bicyclic) bond motifs is 1. The monoisotopic (exact) mass is 347 g/mol. The standard InChI is InChI=1S/C17H15Cl2N3O/c1-3-22-14-7-5-4-6-12(14)10(2)15(22)17(23)21-16-13(19)8-11(18)9-20-16/h4-9H,3H2,1-2H3,(H,20,21,23). The minimum Gasteiger partial charge on any atom is -0.337 e. The molecule has 2 heterocycles. The number of rotatable bonds is 3. The minimum absolute atomic E-state index is 0.239. The van der Waals surface area contributed by atoms with E-state index in [4.69, 9.17) is 23.2 Å². The molecule has 0 fully saturated rings. The maximum Gasteiger partial charge on any atom is 0.273 e. The van der Waals surface area contributed by atoms with Gasteiger partial charge in [0.2, 0.25) is 0 Å². The number of hydrogen-bond donors (Lipinski definition) is 1. The van der Waals surface area contributed by atoms with E-state index in [-0.39, 0.29) is 5.91 Å². The fourth-order valence-corrected chi connectivity index (χ4v) is 3.20. The van der Waals surface area contributed by atoms with E-state index in [9.17, 15) is 4.79 Å². The Labute approximate surface area is 144 Å². The van der Waals surface area contributed by atoms with Crippen LogP contribution in [0.25, 0.3) is 10.9 Å². The van der Waals surface area contributed by atoms with Gasteiger partial charge < -0.3 is 9.88 Å². The summed E-state index contributed by atoms with van der Waals surface area (Å²) in [7, 11) is 0. The van der Waals surface area contributed by atoms with Gasteiger partial charge in [0.1, 0.15) is 5.69 Å². The van der Waals surface area contributed by atoms with E-state index in [0.717, 1.165) is 16.5 Å². The molecule has 3 rings (SSSR count). The summed E-state index contributed by atoms with van der Waals surface area (Å²) in [4.78, 5) is 16.8. The number of carbonyl (C=O) groups is 1. The molecule has 1 N–H and O–H groups in total. The van der Waals surface area contributed by atoms with Crippen LogP contribution in [0.1, 0.15) is 23.0 Å². The zero-order valence-corrected chi connectivity index (χ0v) is 14.2. The number of amides is 1. The summed E-state index contributed by atoms with van der Waals surface area (Å²) >= 11 is 11.9. The van der Waals surface area contributed by atoms with E-state index in [0.29, 0.717) is 28.1 Å². The SMILES string of the molecule is CCn1c(C(=O)Nc2ncc(Cl)cc2Cl)c(C)c2ccccc21. The molecule has 0 bridgehead atoms. The van der Waals surface area contributed by atoms with Crippen molar-refractivity contribution in [2.75, 3.05) is 5.32 Å². The van der Waals surface area contributed by atoms with Crippen LogP contribution in [0.2, 0.25) is 10.0 Å². The average Bonchev–Trinajstić information content (AvgIpc) is 2.83. The second-order valence-corrected chi connectivity index (χ2v) is 6.02. The summed E-state index contributed by atoms with van der Waals surface area (Å²) in [6, 6.07) is 9.51. The summed E-state index contributed by atoms with van der Waals surface area (Å²) in [6.07, 6.45) is 1.45. The van der Waals surface area contributed by atoms with E-state index in [1.165, 1.54) is 6.20 Å². The fourth-order valence-electron chi connectivity index (χ4n) is 2.77. The Hall–Kier alpha value is -2.04. The van der Waals surface area contributed by atoms with Crippen LogP contribution in [0.5, 0.6) is 0 Å². The molecule has 0 atom stereocenters. The molecule has 0 aliphatic heterocycles. The van der Waals surface area contributed by atoms with Crippen molar-refractivity contribution in [1.82, 2.24) is 9.55 Å². The fraction of sp³-hybridized carbons (Fsp3) is 0.176. The van der Waals surface area contributed by atoms with Crippen LogP contribution in [0, 0.1) is 6.92 Å². The molecule has 118 valence electrons. The number of nitrogens with zero attached hydrogens (tertiary/aromatic N) is 2. The summed E-state index contributed by atoms with van der Waals surface area (Å²) in [5.74, 6) is 0.0608. The largest absolute Gasteiger partial charge is 0.337 e. The second kappa shape index (κ2) is 6.22. The van der Waals surface area contributed by atoms with Crippen molar-refractivity contribution in [2.45, 2.75) is 20.4 Å². The van der Waals surface area contributed by atoms with Gasteiger partial charge in [-0.05, 0) is 31.5 Å². The number of para-hydroxylation sites is 1. The van der Waals surface area contributed by atoms with E-state index < -0.39 is 0 Å². The number of nitrogens with one attached hydrogen (secondary N) is 1. The molecule has 6 heteroatoms. The highest BCUT2D eigenvalue weighted by Gasteiger charge is 2.20. The molecule has 0 aliphatic rings. The molecule has 1 aromatic carbocycles. The number of carbonyl (C=O) groups excluding carboxylic acids is 1. The number of anilines is 1. The van der Waals surface area contributed by atoms with Gasteiger partial charge >= 0.3 is 0 Å². The number of halogens is 2. The molecule has 4 nitrogen and oxygen atoms in total. The van der Waals surface area contributed by atoms with Crippen LogP contribution < -0.4 is 5.32 Å². The zero-order chi connectivity index (χ0) is 16.6. The Morgan fingerprint density at radius 3 is 2.74 bits per heavy atom. The first-order valence-corrected chi connectivity index (χ1v) is 7.98. The molecule has 0 radical (unpaired) electrons. The van der Waals surface area contributed by atoms with Crippen molar-refractivity contribution in [3.8, 4) is 0 Å². The zero-order valence-electron chi connectivity index (χ0n) is 12.7. The third-order valence-corrected chi connectivity index (χ3v) is 4.29. The molecule has 0 saturated heterocycles. The van der Waals surface area contributed by atoms with Crippen LogP contribution in [-0.2, 0) is 6.54 Å². The van der Waals surface area contributed by atoms with Gasteiger partial charge in [0.15, 0.2) is 5.82 Å². The average molecular weight is 348 g/mol. The maximum atomic E-state index is 12.8. The first-order chi connectivity index (χ1) is 11.0. The Kier molecular flexibility index (Phi) is 4.28. The molecular formula is C17H15Cl2N3O. The third kappa shape index (κ3) is 2.80. The molecular weight excluding hydrogens is 333 g/mol. The van der Waals surface area contributed by atoms with Crippen molar-refractivity contribution < 1.29 is 4.79 Å². The molecule has 3 aromatic rings. The van der Waals surface area contributed by atoms with Crippen LogP contribution in [-0.4, -0.2) is 15.5 Å². The maximum absolute atomic E-state index is 12.8. The van der Waals surface area contributed by atoms with Gasteiger partial charge in [-0.1, -0.05) is 41.4 Å². The summed E-state index contributed by atoms with van der Waals surface area (Å²) in [6.45, 7) is 4.65. The Balaban J connectivity index is 2.05. The number of aryl methyl sites for hydroxylation is 2. The topological polar surface area (TPSA) is 46.9 Å². The lowest BCUT2D eigenvalue weighted by atomic mass is 10.1. The summed E-state index contributed by atoms with van der Waals surface area (Å²) < 4.78 is 1.99. The van der Waals surface area contributed by atoms with E-state index in [2.05, 4.69) is 10.3 Å². The van der Waals surface area contributed by atoms with E-state index >= 15 is 0 Å². The van der Waals surface area contributed by atoms with Crippen LogP contribution in [0.4, 0.5) is 5.82 Å². The molecule has 23 heavy (non-hydrogen) atoms. The molecule has 0 unspecified atom stereocenters. The van der Waals surface area contributed by atoms with Crippen LogP contribution >= 0.6 is 23.2 Å². The number of pyridine rings is 1. The first-order valence-electron chi connectivity index (χ1n) is 7.23. The van der Waals surface area contributed by atoms with Gasteiger partial charge in [-0.3, -0.25) is 4.79 Å². The first kappa shape index (κ1) is 15.8. The molecule has 1 amide bonds. The molecule has 2 aromatic heterocycles. The predicted molar refractivity (Wildman–Crippen MR) is 94.6 cm³/mol. The second-order valence-electron chi connectivity index (χ2n) is 5.17. The van der Waals surface area contributed by atoms with Gasteiger partial charge in [0, 0.05) is 23.6 Å². The highest BCUT2D eigenvalue weighted by atomic mass is 35.5. The van der Waals surface area contributed by atoms with Gasteiger partial charge in [-0.25, -0.2) is 4.98 Å².